The Labute approximate surface area is 163 Å². The molecule has 0 saturated carbocycles. The van der Waals surface area contributed by atoms with Crippen LogP contribution in [0.3, 0.4) is 0 Å². The minimum Gasteiger partial charge on any atom is -0.336 e. The van der Waals surface area contributed by atoms with Crippen LogP contribution >= 0.6 is 15.9 Å². The van der Waals surface area contributed by atoms with E-state index in [9.17, 15) is 9.59 Å². The number of halogens is 1. The minimum atomic E-state index is -0.196. The molecule has 1 N–H and O–H groups in total. The highest BCUT2D eigenvalue weighted by molar-refractivity contribution is 9.10. The topological polar surface area (TPSA) is 49.4 Å². The second-order valence-electron chi connectivity index (χ2n) is 6.43. The summed E-state index contributed by atoms with van der Waals surface area (Å²) >= 11 is 3.40. The standard InChI is InChI=1S/C21H25BrN2O2/c1-4-16-5-7-17(8-6-16)9-12-21(26)24(3)14-20(25)23-19-11-10-18(22)13-15(19)2/h5-8,10-11,13H,4,9,12,14H2,1-3H3,(H,23,25). The summed E-state index contributed by atoms with van der Waals surface area (Å²) < 4.78 is 0.965. The van der Waals surface area contributed by atoms with Gasteiger partial charge >= 0.3 is 0 Å². The van der Waals surface area contributed by atoms with Gasteiger partial charge in [-0.2, -0.15) is 0 Å². The average Bonchev–Trinajstić information content (AvgIpc) is 2.62. The first-order chi connectivity index (χ1) is 12.4. The van der Waals surface area contributed by atoms with Crippen LogP contribution in [0.25, 0.3) is 0 Å². The number of hydrogen-bond acceptors (Lipinski definition) is 2. The molecule has 0 radical (unpaired) electrons. The molecule has 0 aromatic heterocycles. The maximum Gasteiger partial charge on any atom is 0.243 e. The molecule has 0 atom stereocenters. The molecule has 0 spiro atoms. The van der Waals surface area contributed by atoms with E-state index in [1.807, 2.05) is 25.1 Å². The van der Waals surface area contributed by atoms with E-state index < -0.39 is 0 Å². The van der Waals surface area contributed by atoms with Crippen molar-refractivity contribution in [1.82, 2.24) is 4.90 Å². The van der Waals surface area contributed by atoms with Gasteiger partial charge in [-0.3, -0.25) is 9.59 Å². The average molecular weight is 417 g/mol. The molecule has 0 heterocycles. The van der Waals surface area contributed by atoms with Gasteiger partial charge in [0.25, 0.3) is 0 Å². The lowest BCUT2D eigenvalue weighted by Gasteiger charge is -2.17. The van der Waals surface area contributed by atoms with Crippen LogP contribution in [0.15, 0.2) is 46.9 Å². The normalized spacial score (nSPS) is 10.5. The maximum absolute atomic E-state index is 12.3. The molecule has 4 nitrogen and oxygen atoms in total. The molecule has 2 rings (SSSR count). The van der Waals surface area contributed by atoms with Crippen LogP contribution < -0.4 is 5.32 Å². The second kappa shape index (κ2) is 9.53. The van der Waals surface area contributed by atoms with Crippen molar-refractivity contribution in [2.24, 2.45) is 0 Å². The van der Waals surface area contributed by atoms with Gasteiger partial charge in [-0.05, 0) is 54.7 Å². The number of nitrogens with one attached hydrogen (secondary N) is 1. The number of nitrogens with zero attached hydrogens (tertiary/aromatic N) is 1. The van der Waals surface area contributed by atoms with Crippen molar-refractivity contribution in [3.63, 3.8) is 0 Å². The van der Waals surface area contributed by atoms with Gasteiger partial charge in [0.2, 0.25) is 11.8 Å². The van der Waals surface area contributed by atoms with Gasteiger partial charge in [-0.15, -0.1) is 0 Å². The van der Waals surface area contributed by atoms with Crippen LogP contribution in [0.5, 0.6) is 0 Å². The molecule has 2 aromatic carbocycles. The van der Waals surface area contributed by atoms with Crippen molar-refractivity contribution in [1.29, 1.82) is 0 Å². The van der Waals surface area contributed by atoms with Gasteiger partial charge in [0.1, 0.15) is 0 Å². The van der Waals surface area contributed by atoms with Gasteiger partial charge in [0.05, 0.1) is 6.54 Å². The lowest BCUT2D eigenvalue weighted by atomic mass is 10.1. The van der Waals surface area contributed by atoms with E-state index >= 15 is 0 Å². The number of carbonyl (C=O) groups excluding carboxylic acids is 2. The van der Waals surface area contributed by atoms with Crippen LogP contribution in [0.4, 0.5) is 5.69 Å². The molecule has 2 amide bonds. The lowest BCUT2D eigenvalue weighted by molar-refractivity contribution is -0.133. The molecule has 138 valence electrons. The molecule has 0 aliphatic heterocycles. The summed E-state index contributed by atoms with van der Waals surface area (Å²) in [6, 6.07) is 14.0. The monoisotopic (exact) mass is 416 g/mol. The molecular formula is C21H25BrN2O2. The van der Waals surface area contributed by atoms with Gasteiger partial charge in [0, 0.05) is 23.6 Å². The maximum atomic E-state index is 12.3. The van der Waals surface area contributed by atoms with E-state index in [0.29, 0.717) is 12.8 Å². The van der Waals surface area contributed by atoms with E-state index in [2.05, 4.69) is 52.4 Å². The first-order valence-electron chi connectivity index (χ1n) is 8.77. The van der Waals surface area contributed by atoms with Crippen LogP contribution in [-0.4, -0.2) is 30.3 Å². The highest BCUT2D eigenvalue weighted by atomic mass is 79.9. The number of amides is 2. The predicted octanol–water partition coefficient (Wildman–Crippen LogP) is 4.35. The van der Waals surface area contributed by atoms with E-state index in [0.717, 1.165) is 27.7 Å². The van der Waals surface area contributed by atoms with E-state index in [1.54, 1.807) is 7.05 Å². The van der Waals surface area contributed by atoms with Gasteiger partial charge < -0.3 is 10.2 Å². The number of rotatable bonds is 7. The molecule has 0 fully saturated rings. The third-order valence-electron chi connectivity index (χ3n) is 4.33. The van der Waals surface area contributed by atoms with E-state index in [1.165, 1.54) is 10.5 Å². The summed E-state index contributed by atoms with van der Waals surface area (Å²) in [6.07, 6.45) is 2.09. The SMILES string of the molecule is CCc1ccc(CCC(=O)N(C)CC(=O)Nc2ccc(Br)cc2C)cc1. The fraction of sp³-hybridized carbons (Fsp3) is 0.333. The second-order valence-corrected chi connectivity index (χ2v) is 7.34. The van der Waals surface area contributed by atoms with Crippen molar-refractivity contribution in [2.45, 2.75) is 33.1 Å². The first kappa shape index (κ1) is 20.2. The first-order valence-corrected chi connectivity index (χ1v) is 9.56. The Kier molecular flexibility index (Phi) is 7.39. The van der Waals surface area contributed by atoms with Crippen molar-refractivity contribution >= 4 is 33.4 Å². The largest absolute Gasteiger partial charge is 0.336 e. The molecule has 0 unspecified atom stereocenters. The van der Waals surface area contributed by atoms with Crippen molar-refractivity contribution in [3.05, 3.63) is 63.6 Å². The van der Waals surface area contributed by atoms with Gasteiger partial charge in [-0.1, -0.05) is 47.1 Å². The van der Waals surface area contributed by atoms with Crippen LogP contribution in [-0.2, 0) is 22.4 Å². The summed E-state index contributed by atoms with van der Waals surface area (Å²) in [6.45, 7) is 4.09. The highest BCUT2D eigenvalue weighted by Gasteiger charge is 2.14. The van der Waals surface area contributed by atoms with Crippen LogP contribution in [0, 0.1) is 6.92 Å². The Hall–Kier alpha value is -2.14. The summed E-state index contributed by atoms with van der Waals surface area (Å²) in [4.78, 5) is 25.9. The molecule has 0 aliphatic carbocycles. The van der Waals surface area contributed by atoms with Crippen LogP contribution in [0.1, 0.15) is 30.0 Å². The number of benzene rings is 2. The third kappa shape index (κ3) is 5.99. The molecule has 0 bridgehead atoms. The van der Waals surface area contributed by atoms with Gasteiger partial charge in [0.15, 0.2) is 0 Å². The Bertz CT molecular complexity index is 772. The molecule has 0 aliphatic rings. The Morgan fingerprint density at radius 3 is 2.35 bits per heavy atom. The molecular weight excluding hydrogens is 392 g/mol. The summed E-state index contributed by atoms with van der Waals surface area (Å²) in [5, 5.41) is 2.86. The lowest BCUT2D eigenvalue weighted by Crippen LogP contribution is -2.35. The van der Waals surface area contributed by atoms with E-state index in [4.69, 9.17) is 0 Å². The fourth-order valence-corrected chi connectivity index (χ4v) is 3.12. The smallest absolute Gasteiger partial charge is 0.243 e. The number of hydrogen-bond donors (Lipinski definition) is 1. The number of likely N-dealkylation sites (N-methyl/N-ethyl adjacent to an activating group) is 1. The molecule has 5 heteroatoms. The van der Waals surface area contributed by atoms with E-state index in [-0.39, 0.29) is 18.4 Å². The Morgan fingerprint density at radius 2 is 1.73 bits per heavy atom. The summed E-state index contributed by atoms with van der Waals surface area (Å²) in [5.41, 5.74) is 4.16. The third-order valence-corrected chi connectivity index (χ3v) is 4.82. The molecule has 2 aromatic rings. The zero-order valence-corrected chi connectivity index (χ0v) is 17.1. The zero-order chi connectivity index (χ0) is 19.1. The number of carbonyl (C=O) groups is 2. The summed E-state index contributed by atoms with van der Waals surface area (Å²) in [5.74, 6) is -0.231. The Morgan fingerprint density at radius 1 is 1.08 bits per heavy atom. The van der Waals surface area contributed by atoms with Gasteiger partial charge in [-0.25, -0.2) is 0 Å². The predicted molar refractivity (Wildman–Crippen MR) is 109 cm³/mol. The highest BCUT2D eigenvalue weighted by Crippen LogP contribution is 2.20. The van der Waals surface area contributed by atoms with Crippen molar-refractivity contribution in [3.8, 4) is 0 Å². The zero-order valence-electron chi connectivity index (χ0n) is 15.5. The summed E-state index contributed by atoms with van der Waals surface area (Å²) in [7, 11) is 1.66. The number of anilines is 1. The van der Waals surface area contributed by atoms with Crippen molar-refractivity contribution < 1.29 is 9.59 Å². The molecule has 26 heavy (non-hydrogen) atoms. The quantitative estimate of drug-likeness (QED) is 0.728. The molecule has 0 saturated heterocycles. The van der Waals surface area contributed by atoms with Crippen LogP contribution in [0.2, 0.25) is 0 Å². The fourth-order valence-electron chi connectivity index (χ4n) is 2.64. The number of aryl methyl sites for hydroxylation is 3. The van der Waals surface area contributed by atoms with Crippen molar-refractivity contribution in [2.75, 3.05) is 18.9 Å². The Balaban J connectivity index is 1.82. The minimum absolute atomic E-state index is 0.0350.